The van der Waals surface area contributed by atoms with Gasteiger partial charge in [-0.25, -0.2) is 0 Å². The highest BCUT2D eigenvalue weighted by molar-refractivity contribution is 5.77. The van der Waals surface area contributed by atoms with E-state index >= 15 is 0 Å². The third-order valence-corrected chi connectivity index (χ3v) is 11.8. The van der Waals surface area contributed by atoms with Gasteiger partial charge >= 0.3 is 11.9 Å². The standard InChI is InChI=1S/C18H24O3.C17H22O3/c1-17-9-4-10-18(2,16(20)21-3)15(17)8-6-12-5-7-13(19)11-14(12)17;1-16-8-3-9-17(2,15(19)20)14(16)7-5-11-4-6-12(18)10-13(11)16/h5,7,11,15,19H,4,6,8-10H2,1-3H3;4,6,10,14,18H,3,5,7-9H2,1-2H3,(H,19,20)/t15-,17-,18+;14-,16-,17+/m11/s1. The van der Waals surface area contributed by atoms with Crippen LogP contribution in [0.3, 0.4) is 0 Å². The number of aryl methyl sites for hydroxylation is 2. The topological polar surface area (TPSA) is 104 Å². The fourth-order valence-electron chi connectivity index (χ4n) is 9.63. The number of benzene rings is 2. The number of hydrogen-bond acceptors (Lipinski definition) is 5. The molecule has 2 fully saturated rings. The lowest BCUT2D eigenvalue weighted by atomic mass is 9.50. The van der Waals surface area contributed by atoms with E-state index in [-0.39, 0.29) is 34.4 Å². The summed E-state index contributed by atoms with van der Waals surface area (Å²) in [5, 5.41) is 29.4. The van der Waals surface area contributed by atoms with Crippen LogP contribution in [0.25, 0.3) is 0 Å². The molecule has 0 bridgehead atoms. The van der Waals surface area contributed by atoms with E-state index in [1.807, 2.05) is 31.2 Å². The van der Waals surface area contributed by atoms with Crippen molar-refractivity contribution in [2.45, 2.75) is 103 Å². The summed E-state index contributed by atoms with van der Waals surface area (Å²) in [4.78, 5) is 24.2. The second-order valence-electron chi connectivity index (χ2n) is 14.0. The van der Waals surface area contributed by atoms with Gasteiger partial charge in [0.05, 0.1) is 17.9 Å². The molecule has 2 aromatic rings. The van der Waals surface area contributed by atoms with Crippen molar-refractivity contribution in [3.05, 3.63) is 58.7 Å². The number of phenolic OH excluding ortho intramolecular Hbond substituents is 2. The predicted octanol–water partition coefficient (Wildman–Crippen LogP) is 7.06. The first-order valence-corrected chi connectivity index (χ1v) is 15.3. The summed E-state index contributed by atoms with van der Waals surface area (Å²) >= 11 is 0. The Kier molecular flexibility index (Phi) is 7.45. The summed E-state index contributed by atoms with van der Waals surface area (Å²) in [5.74, 6) is 0.282. The summed E-state index contributed by atoms with van der Waals surface area (Å²) < 4.78 is 5.11. The minimum absolute atomic E-state index is 0.0481. The average molecular weight is 563 g/mol. The summed E-state index contributed by atoms with van der Waals surface area (Å²) in [6.45, 7) is 8.42. The van der Waals surface area contributed by atoms with Crippen molar-refractivity contribution in [2.24, 2.45) is 22.7 Å². The van der Waals surface area contributed by atoms with Gasteiger partial charge in [0.15, 0.2) is 0 Å². The highest BCUT2D eigenvalue weighted by Crippen LogP contribution is 2.59. The van der Waals surface area contributed by atoms with Crippen molar-refractivity contribution < 1.29 is 29.6 Å². The Morgan fingerprint density at radius 1 is 0.732 bits per heavy atom. The van der Waals surface area contributed by atoms with Crippen LogP contribution in [0.2, 0.25) is 0 Å². The SMILES string of the molecule is COC(=O)[C@@]1(C)CCC[C@]2(C)c3cc(O)ccc3CC[C@@H]12.C[C@]1(C(=O)O)CCC[C@]2(C)c3cc(O)ccc3CC[C@@H]12. The maximum absolute atomic E-state index is 12.4. The molecule has 2 aromatic carbocycles. The molecule has 4 aliphatic carbocycles. The monoisotopic (exact) mass is 562 g/mol. The number of rotatable bonds is 2. The molecule has 6 atom stereocenters. The van der Waals surface area contributed by atoms with Crippen LogP contribution in [0.4, 0.5) is 0 Å². The Bertz CT molecular complexity index is 1350. The molecule has 222 valence electrons. The molecule has 2 saturated carbocycles. The van der Waals surface area contributed by atoms with Gasteiger partial charge in [-0.2, -0.15) is 0 Å². The van der Waals surface area contributed by atoms with Crippen molar-refractivity contribution in [3.63, 3.8) is 0 Å². The van der Waals surface area contributed by atoms with E-state index in [0.29, 0.717) is 5.75 Å². The van der Waals surface area contributed by atoms with Gasteiger partial charge in [-0.15, -0.1) is 0 Å². The third-order valence-electron chi connectivity index (χ3n) is 11.8. The number of methoxy groups -OCH3 is 1. The zero-order chi connectivity index (χ0) is 29.8. The van der Waals surface area contributed by atoms with Gasteiger partial charge in [0.2, 0.25) is 0 Å². The third kappa shape index (κ3) is 4.62. The number of aromatic hydroxyl groups is 2. The largest absolute Gasteiger partial charge is 0.508 e. The van der Waals surface area contributed by atoms with Gasteiger partial charge in [0.1, 0.15) is 11.5 Å². The maximum atomic E-state index is 12.4. The number of ether oxygens (including phenoxy) is 1. The van der Waals surface area contributed by atoms with Crippen LogP contribution in [-0.4, -0.2) is 34.4 Å². The van der Waals surface area contributed by atoms with Gasteiger partial charge < -0.3 is 20.1 Å². The highest BCUT2D eigenvalue weighted by Gasteiger charge is 2.56. The fraction of sp³-hybridized carbons (Fsp3) is 0.600. The van der Waals surface area contributed by atoms with Gasteiger partial charge in [0.25, 0.3) is 0 Å². The minimum Gasteiger partial charge on any atom is -0.508 e. The van der Waals surface area contributed by atoms with E-state index < -0.39 is 16.8 Å². The van der Waals surface area contributed by atoms with Gasteiger partial charge in [-0.1, -0.05) is 38.8 Å². The van der Waals surface area contributed by atoms with E-state index in [4.69, 9.17) is 4.74 Å². The molecule has 0 amide bonds. The van der Waals surface area contributed by atoms with Crippen molar-refractivity contribution in [1.82, 2.24) is 0 Å². The van der Waals surface area contributed by atoms with Crippen LogP contribution in [0.1, 0.15) is 101 Å². The zero-order valence-electron chi connectivity index (χ0n) is 25.3. The van der Waals surface area contributed by atoms with Crippen LogP contribution >= 0.6 is 0 Å². The Labute approximate surface area is 244 Å². The Hall–Kier alpha value is -3.02. The van der Waals surface area contributed by atoms with E-state index in [2.05, 4.69) is 20.8 Å². The number of carboxylic acid groups (broad SMARTS) is 1. The molecule has 0 saturated heterocycles. The lowest BCUT2D eigenvalue weighted by Crippen LogP contribution is -2.52. The number of hydrogen-bond donors (Lipinski definition) is 3. The fourth-order valence-corrected chi connectivity index (χ4v) is 9.63. The van der Waals surface area contributed by atoms with E-state index in [0.717, 1.165) is 64.2 Å². The van der Waals surface area contributed by atoms with Crippen LogP contribution < -0.4 is 0 Å². The van der Waals surface area contributed by atoms with E-state index in [9.17, 15) is 24.9 Å². The van der Waals surface area contributed by atoms with E-state index in [1.54, 1.807) is 12.1 Å². The maximum Gasteiger partial charge on any atom is 0.311 e. The molecule has 6 nitrogen and oxygen atoms in total. The molecule has 0 aliphatic heterocycles. The van der Waals surface area contributed by atoms with Gasteiger partial charge in [0, 0.05) is 0 Å². The normalized spacial score (nSPS) is 35.3. The predicted molar refractivity (Wildman–Crippen MR) is 158 cm³/mol. The Balaban J connectivity index is 0.000000165. The number of aliphatic carboxylic acids is 1. The molecular weight excluding hydrogens is 516 g/mol. The number of fused-ring (bicyclic) bond motifs is 6. The molecule has 4 aliphatic rings. The second kappa shape index (κ2) is 10.4. The quantitative estimate of drug-likeness (QED) is 0.339. The number of esters is 1. The lowest BCUT2D eigenvalue weighted by Gasteiger charge is -2.54. The minimum atomic E-state index is -0.669. The number of carboxylic acids is 1. The average Bonchev–Trinajstić information content (AvgIpc) is 2.93. The smallest absolute Gasteiger partial charge is 0.311 e. The van der Waals surface area contributed by atoms with Crippen molar-refractivity contribution in [3.8, 4) is 11.5 Å². The first-order chi connectivity index (χ1) is 19.3. The molecule has 0 unspecified atom stereocenters. The molecular formula is C35H46O6. The highest BCUT2D eigenvalue weighted by atomic mass is 16.5. The van der Waals surface area contributed by atoms with Crippen LogP contribution in [-0.2, 0) is 38.0 Å². The molecule has 0 aromatic heterocycles. The summed E-state index contributed by atoms with van der Waals surface area (Å²) in [5.41, 5.74) is 3.76. The molecule has 3 N–H and O–H groups in total. The Morgan fingerprint density at radius 2 is 1.17 bits per heavy atom. The Morgan fingerprint density at radius 3 is 1.61 bits per heavy atom. The first kappa shape index (κ1) is 29.5. The lowest BCUT2D eigenvalue weighted by molar-refractivity contribution is -0.161. The first-order valence-electron chi connectivity index (χ1n) is 15.3. The summed E-state index contributed by atoms with van der Waals surface area (Å²) in [7, 11) is 1.49. The summed E-state index contributed by atoms with van der Waals surface area (Å²) in [6.07, 6.45) is 9.53. The molecule has 6 rings (SSSR count). The van der Waals surface area contributed by atoms with Crippen LogP contribution in [0.5, 0.6) is 11.5 Å². The van der Waals surface area contributed by atoms with Gasteiger partial charge in [-0.3, -0.25) is 9.59 Å². The summed E-state index contributed by atoms with van der Waals surface area (Å²) in [6, 6.07) is 11.3. The molecule has 0 radical (unpaired) electrons. The number of carbonyl (C=O) groups is 2. The van der Waals surface area contributed by atoms with Gasteiger partial charge in [-0.05, 0) is 134 Å². The number of phenols is 2. The zero-order valence-corrected chi connectivity index (χ0v) is 25.3. The molecule has 6 heteroatoms. The van der Waals surface area contributed by atoms with Crippen LogP contribution in [0.15, 0.2) is 36.4 Å². The molecule has 0 spiro atoms. The van der Waals surface area contributed by atoms with Crippen molar-refractivity contribution in [1.29, 1.82) is 0 Å². The van der Waals surface area contributed by atoms with Crippen molar-refractivity contribution in [2.75, 3.05) is 7.11 Å². The molecule has 41 heavy (non-hydrogen) atoms. The van der Waals surface area contributed by atoms with Crippen molar-refractivity contribution >= 4 is 11.9 Å². The van der Waals surface area contributed by atoms with Crippen LogP contribution in [0, 0.1) is 22.7 Å². The van der Waals surface area contributed by atoms with E-state index in [1.165, 1.54) is 29.4 Å². The number of carbonyl (C=O) groups excluding carboxylic acids is 1. The second-order valence-corrected chi connectivity index (χ2v) is 14.0. The molecule has 0 heterocycles.